The van der Waals surface area contributed by atoms with Crippen LogP contribution in [0.25, 0.3) is 0 Å². The van der Waals surface area contributed by atoms with Gasteiger partial charge in [-0.05, 0) is 49.7 Å². The number of amides is 6. The number of fused-ring (bicyclic) bond motifs is 2. The SMILES string of the molecule is CC[C@@H]1NC(=O)[C@@H](C)NC(=O)c2csc(n2)[C@H](C(C)C)NC(=O)CN(C(=O)c2cncn2C)C[C@H](Cc2ccccc2)NC(=O)[C@H](CCSC)NC1=O. The van der Waals surface area contributed by atoms with Gasteiger partial charge in [-0.3, -0.25) is 28.8 Å². The van der Waals surface area contributed by atoms with Crippen molar-refractivity contribution in [2.45, 2.75) is 77.2 Å². The van der Waals surface area contributed by atoms with Crippen LogP contribution in [-0.2, 0) is 32.6 Å². The van der Waals surface area contributed by atoms with Crippen molar-refractivity contribution in [3.05, 3.63) is 70.2 Å². The average Bonchev–Trinajstić information content (AvgIpc) is 3.79. The Balaban J connectivity index is 1.76. The van der Waals surface area contributed by atoms with E-state index in [1.165, 1.54) is 47.4 Å². The summed E-state index contributed by atoms with van der Waals surface area (Å²) in [7, 11) is 1.68. The molecule has 0 saturated heterocycles. The van der Waals surface area contributed by atoms with Gasteiger partial charge in [0, 0.05) is 19.0 Å². The predicted molar refractivity (Wildman–Crippen MR) is 203 cm³/mol. The lowest BCUT2D eigenvalue weighted by molar-refractivity contribution is -0.132. The van der Waals surface area contributed by atoms with E-state index in [0.717, 1.165) is 5.56 Å². The Kier molecular flexibility index (Phi) is 15.0. The largest absolute Gasteiger partial charge is 0.349 e. The van der Waals surface area contributed by atoms with Crippen molar-refractivity contribution in [2.75, 3.05) is 25.1 Å². The first-order valence-electron chi connectivity index (χ1n) is 17.6. The maximum absolute atomic E-state index is 14.1. The van der Waals surface area contributed by atoms with Crippen LogP contribution in [-0.4, -0.2) is 104 Å². The van der Waals surface area contributed by atoms with Gasteiger partial charge in [0.15, 0.2) is 0 Å². The molecule has 2 bridgehead atoms. The highest BCUT2D eigenvalue weighted by atomic mass is 32.2. The van der Waals surface area contributed by atoms with E-state index in [2.05, 4.69) is 36.6 Å². The maximum atomic E-state index is 14.1. The number of carbonyl (C=O) groups is 6. The van der Waals surface area contributed by atoms with Gasteiger partial charge in [-0.15, -0.1) is 11.3 Å². The van der Waals surface area contributed by atoms with Gasteiger partial charge in [-0.25, -0.2) is 9.97 Å². The number of nitrogens with one attached hydrogen (secondary N) is 5. The standard InChI is InChI=1S/C36H49N9O6S2/c1-7-25-32(48)41-26(13-14-52-6)33(49)39-24(15-23-11-9-8-10-12-23)17-45(36(51)28-16-37-20-44(28)5)18-29(46)43-30(21(2)3)35-42-27(19-53-35)34(50)38-22(4)31(47)40-25/h8-12,16,19-22,24-26,30H,7,13-15,17-18H2,1-6H3,(H,38,50)(H,39,49)(H,40,47)(H,41,48)(H,43,46)/t22-,24+,25+,26+,30+/m1/s1. The summed E-state index contributed by atoms with van der Waals surface area (Å²) in [6.07, 6.45) is 5.63. The third kappa shape index (κ3) is 11.4. The zero-order chi connectivity index (χ0) is 38.7. The Morgan fingerprint density at radius 3 is 2.32 bits per heavy atom. The first kappa shape index (κ1) is 41.0. The van der Waals surface area contributed by atoms with Gasteiger partial charge in [-0.1, -0.05) is 51.1 Å². The number of nitrogens with zero attached hydrogens (tertiary/aromatic N) is 4. The number of thioether (sulfide) groups is 1. The molecule has 6 amide bonds. The molecule has 17 heteroatoms. The first-order valence-corrected chi connectivity index (χ1v) is 19.8. The lowest BCUT2D eigenvalue weighted by Crippen LogP contribution is -2.58. The van der Waals surface area contributed by atoms with Gasteiger partial charge < -0.3 is 36.1 Å². The number of aromatic nitrogens is 3. The highest BCUT2D eigenvalue weighted by molar-refractivity contribution is 7.98. The Bertz CT molecular complexity index is 1750. The van der Waals surface area contributed by atoms with Gasteiger partial charge in [0.1, 0.15) is 34.5 Å². The highest BCUT2D eigenvalue weighted by Gasteiger charge is 2.32. The Hall–Kier alpha value is -4.77. The normalized spacial score (nSPS) is 22.6. The molecule has 3 heterocycles. The molecule has 0 fully saturated rings. The van der Waals surface area contributed by atoms with Gasteiger partial charge in [0.25, 0.3) is 11.8 Å². The number of thiazole rings is 1. The molecular formula is C36H49N9O6S2. The van der Waals surface area contributed by atoms with Crippen molar-refractivity contribution in [3.63, 3.8) is 0 Å². The van der Waals surface area contributed by atoms with Crippen LogP contribution in [0.4, 0.5) is 0 Å². The Morgan fingerprint density at radius 1 is 0.981 bits per heavy atom. The van der Waals surface area contributed by atoms with E-state index in [4.69, 9.17) is 0 Å². The first-order chi connectivity index (χ1) is 25.3. The third-order valence-electron chi connectivity index (χ3n) is 8.80. The van der Waals surface area contributed by atoms with Crippen LogP contribution in [0, 0.1) is 5.92 Å². The molecule has 2 aromatic heterocycles. The van der Waals surface area contributed by atoms with E-state index in [-0.39, 0.29) is 36.8 Å². The molecule has 0 radical (unpaired) electrons. The van der Waals surface area contributed by atoms with E-state index in [1.54, 1.807) is 23.9 Å². The zero-order valence-electron chi connectivity index (χ0n) is 30.9. The minimum atomic E-state index is -1.01. The van der Waals surface area contributed by atoms with Crippen LogP contribution in [0.1, 0.15) is 78.1 Å². The molecule has 1 aromatic carbocycles. The van der Waals surface area contributed by atoms with Crippen LogP contribution in [0.15, 0.2) is 48.2 Å². The Morgan fingerprint density at radius 2 is 1.68 bits per heavy atom. The fourth-order valence-electron chi connectivity index (χ4n) is 5.78. The minimum Gasteiger partial charge on any atom is -0.349 e. The molecule has 0 unspecified atom stereocenters. The summed E-state index contributed by atoms with van der Waals surface area (Å²) in [6.45, 7) is 6.61. The molecule has 286 valence electrons. The molecule has 0 saturated carbocycles. The zero-order valence-corrected chi connectivity index (χ0v) is 32.5. The molecule has 0 aliphatic carbocycles. The van der Waals surface area contributed by atoms with E-state index in [1.807, 2.05) is 50.4 Å². The summed E-state index contributed by atoms with van der Waals surface area (Å²) in [6, 6.07) is 5.18. The van der Waals surface area contributed by atoms with Crippen LogP contribution in [0.5, 0.6) is 0 Å². The highest BCUT2D eigenvalue weighted by Crippen LogP contribution is 2.25. The molecule has 1 aliphatic heterocycles. The van der Waals surface area contributed by atoms with Crippen molar-refractivity contribution < 1.29 is 28.8 Å². The molecule has 4 rings (SSSR count). The monoisotopic (exact) mass is 767 g/mol. The van der Waals surface area contributed by atoms with Gasteiger partial charge in [-0.2, -0.15) is 11.8 Å². The summed E-state index contributed by atoms with van der Waals surface area (Å²) in [5, 5.41) is 16.2. The van der Waals surface area contributed by atoms with E-state index < -0.39 is 65.7 Å². The fraction of sp³-hybridized carbons (Fsp3) is 0.500. The lowest BCUT2D eigenvalue weighted by atomic mass is 10.0. The fourth-order valence-corrected chi connectivity index (χ4v) is 7.27. The Labute approximate surface area is 317 Å². The van der Waals surface area contributed by atoms with Crippen molar-refractivity contribution >= 4 is 58.5 Å². The summed E-state index contributed by atoms with van der Waals surface area (Å²) < 4.78 is 1.56. The van der Waals surface area contributed by atoms with E-state index in [0.29, 0.717) is 23.6 Å². The number of carbonyl (C=O) groups excluding carboxylic acids is 6. The van der Waals surface area contributed by atoms with E-state index >= 15 is 0 Å². The van der Waals surface area contributed by atoms with Gasteiger partial charge >= 0.3 is 0 Å². The van der Waals surface area contributed by atoms with Gasteiger partial charge in [0.2, 0.25) is 23.6 Å². The molecule has 5 N–H and O–H groups in total. The summed E-state index contributed by atoms with van der Waals surface area (Å²) in [5.41, 5.74) is 1.20. The van der Waals surface area contributed by atoms with Crippen LogP contribution >= 0.6 is 23.1 Å². The quantitative estimate of drug-likeness (QED) is 0.227. The number of aryl methyl sites for hydroxylation is 1. The number of hydrogen-bond donors (Lipinski definition) is 5. The predicted octanol–water partition coefficient (Wildman–Crippen LogP) is 1.82. The van der Waals surface area contributed by atoms with Crippen molar-refractivity contribution in [2.24, 2.45) is 13.0 Å². The maximum Gasteiger partial charge on any atom is 0.272 e. The van der Waals surface area contributed by atoms with Crippen molar-refractivity contribution in [1.29, 1.82) is 0 Å². The minimum absolute atomic E-state index is 0.0549. The molecule has 0 spiro atoms. The van der Waals surface area contributed by atoms with Gasteiger partial charge in [0.05, 0.1) is 31.2 Å². The smallest absolute Gasteiger partial charge is 0.272 e. The van der Waals surface area contributed by atoms with Crippen LogP contribution in [0.2, 0.25) is 0 Å². The summed E-state index contributed by atoms with van der Waals surface area (Å²) in [5.74, 6) is -2.75. The summed E-state index contributed by atoms with van der Waals surface area (Å²) in [4.78, 5) is 91.8. The molecular weight excluding hydrogens is 719 g/mol. The topological polar surface area (TPSA) is 197 Å². The average molecular weight is 768 g/mol. The summed E-state index contributed by atoms with van der Waals surface area (Å²) >= 11 is 2.69. The van der Waals surface area contributed by atoms with Crippen LogP contribution in [0.3, 0.4) is 0 Å². The second-order valence-electron chi connectivity index (χ2n) is 13.3. The van der Waals surface area contributed by atoms with Crippen molar-refractivity contribution in [1.82, 2.24) is 46.0 Å². The molecule has 5 atom stereocenters. The van der Waals surface area contributed by atoms with E-state index in [9.17, 15) is 28.8 Å². The van der Waals surface area contributed by atoms with Crippen LogP contribution < -0.4 is 26.6 Å². The number of rotatable bonds is 8. The molecule has 3 aromatic rings. The van der Waals surface area contributed by atoms with Crippen molar-refractivity contribution in [3.8, 4) is 0 Å². The molecule has 53 heavy (non-hydrogen) atoms. The second kappa shape index (κ2) is 19.3. The third-order valence-corrected chi connectivity index (χ3v) is 10.4. The number of imidazole rings is 1. The molecule has 15 nitrogen and oxygen atoms in total. The number of hydrogen-bond acceptors (Lipinski definition) is 10. The number of benzene rings is 1. The molecule has 1 aliphatic rings. The second-order valence-corrected chi connectivity index (χ2v) is 15.2. The lowest BCUT2D eigenvalue weighted by Gasteiger charge is -2.30.